The van der Waals surface area contributed by atoms with Crippen LogP contribution in [-0.2, 0) is 16.0 Å². The van der Waals surface area contributed by atoms with Crippen LogP contribution in [0.15, 0.2) is 30.7 Å². The number of nitrogens with one attached hydrogen (secondary N) is 2. The monoisotopic (exact) mass is 421 g/mol. The highest BCUT2D eigenvalue weighted by molar-refractivity contribution is 7.17. The van der Waals surface area contributed by atoms with Crippen LogP contribution in [-0.4, -0.2) is 57.2 Å². The van der Waals surface area contributed by atoms with Gasteiger partial charge in [-0.25, -0.2) is 4.98 Å². The van der Waals surface area contributed by atoms with Gasteiger partial charge in [0.15, 0.2) is 5.13 Å². The first-order valence-electron chi connectivity index (χ1n) is 8.89. The minimum absolute atomic E-state index is 0.100. The number of aliphatic hydroxyl groups is 1. The number of nitrogens with zero attached hydrogens (tertiary/aromatic N) is 2. The first-order valence-corrected chi connectivity index (χ1v) is 9.71. The number of rotatable bonds is 6. The van der Waals surface area contributed by atoms with Crippen molar-refractivity contribution in [2.45, 2.75) is 31.4 Å². The van der Waals surface area contributed by atoms with Crippen LogP contribution in [0.2, 0.25) is 0 Å². The molecule has 2 aromatic rings. The molecule has 0 aliphatic heterocycles. The van der Waals surface area contributed by atoms with Crippen LogP contribution in [0.1, 0.15) is 28.1 Å². The van der Waals surface area contributed by atoms with Gasteiger partial charge in [0.25, 0.3) is 12.4 Å². The zero-order valence-corrected chi connectivity index (χ0v) is 16.3. The van der Waals surface area contributed by atoms with Crippen molar-refractivity contribution in [2.24, 2.45) is 5.92 Å². The predicted molar refractivity (Wildman–Crippen MR) is 106 cm³/mol. The maximum Gasteiger partial charge on any atom is 0.290 e. The standard InChI is InChI=1S/C17H21N5O3S.CH2O2/c18-17-21-9-14(26-17)16(25)22-12-7-11(8-13(12)23)15(24)20-6-3-10-1-4-19-5-2-10;2-1-3/h1-2,4-5,9,11-13,23H,3,6-8H2,(H2,18,21)(H,20,24)(H,22,25);1H,(H,2,3)/t11-,12-,13-;/m0./s1. The lowest BCUT2D eigenvalue weighted by Crippen LogP contribution is -2.39. The van der Waals surface area contributed by atoms with E-state index in [1.54, 1.807) is 12.4 Å². The van der Waals surface area contributed by atoms with Crippen LogP contribution in [0, 0.1) is 5.92 Å². The highest BCUT2D eigenvalue weighted by Crippen LogP contribution is 2.27. The molecule has 1 fully saturated rings. The average molecular weight is 421 g/mol. The summed E-state index contributed by atoms with van der Waals surface area (Å²) < 4.78 is 0. The van der Waals surface area contributed by atoms with Gasteiger partial charge in [-0.2, -0.15) is 0 Å². The Hall–Kier alpha value is -3.05. The summed E-state index contributed by atoms with van der Waals surface area (Å²) in [5, 5.41) is 23.0. The average Bonchev–Trinajstić information content (AvgIpc) is 3.29. The van der Waals surface area contributed by atoms with Crippen molar-refractivity contribution in [2.75, 3.05) is 12.3 Å². The summed E-state index contributed by atoms with van der Waals surface area (Å²) in [7, 11) is 0. The summed E-state index contributed by atoms with van der Waals surface area (Å²) in [5.41, 5.74) is 6.62. The normalized spacial score (nSPS) is 20.2. The second-order valence-electron chi connectivity index (χ2n) is 6.38. The quantitative estimate of drug-likeness (QED) is 0.408. The zero-order chi connectivity index (χ0) is 21.2. The highest BCUT2D eigenvalue weighted by Gasteiger charge is 2.37. The van der Waals surface area contributed by atoms with E-state index in [1.807, 2.05) is 12.1 Å². The van der Waals surface area contributed by atoms with Gasteiger partial charge in [-0.3, -0.25) is 19.4 Å². The number of aliphatic hydroxyl groups excluding tert-OH is 1. The predicted octanol–water partition coefficient (Wildman–Crippen LogP) is 0.0493. The molecule has 156 valence electrons. The molecule has 3 atom stereocenters. The molecule has 2 amide bonds. The second-order valence-corrected chi connectivity index (χ2v) is 7.44. The molecular formula is C18H23N5O5S. The molecule has 1 saturated carbocycles. The van der Waals surface area contributed by atoms with E-state index in [-0.39, 0.29) is 24.2 Å². The fourth-order valence-corrected chi connectivity index (χ4v) is 3.63. The number of hydrogen-bond acceptors (Lipinski definition) is 8. The molecule has 0 unspecified atom stereocenters. The van der Waals surface area contributed by atoms with E-state index in [9.17, 15) is 14.7 Å². The molecule has 6 N–H and O–H groups in total. The number of carboxylic acid groups (broad SMARTS) is 1. The van der Waals surface area contributed by atoms with Gasteiger partial charge < -0.3 is 26.6 Å². The Morgan fingerprint density at radius 2 is 2.00 bits per heavy atom. The Balaban J connectivity index is 0.000000941. The Morgan fingerprint density at radius 1 is 1.31 bits per heavy atom. The van der Waals surface area contributed by atoms with Crippen molar-refractivity contribution in [3.8, 4) is 0 Å². The van der Waals surface area contributed by atoms with Crippen molar-refractivity contribution >= 4 is 34.8 Å². The molecule has 2 heterocycles. The number of amides is 2. The third kappa shape index (κ3) is 6.80. The number of nitrogens with two attached hydrogens (primary N) is 1. The number of hydrogen-bond donors (Lipinski definition) is 5. The van der Waals surface area contributed by atoms with E-state index in [0.717, 1.165) is 23.3 Å². The topological polar surface area (TPSA) is 168 Å². The molecule has 0 bridgehead atoms. The van der Waals surface area contributed by atoms with Crippen LogP contribution >= 0.6 is 11.3 Å². The van der Waals surface area contributed by atoms with Gasteiger partial charge in [-0.1, -0.05) is 11.3 Å². The fourth-order valence-electron chi connectivity index (χ4n) is 3.04. The fraction of sp³-hybridized carbons (Fsp3) is 0.389. The molecule has 0 radical (unpaired) electrons. The third-order valence-electron chi connectivity index (χ3n) is 4.43. The molecule has 1 aliphatic carbocycles. The molecule has 2 aromatic heterocycles. The molecule has 3 rings (SSSR count). The number of carbonyl (C=O) groups excluding carboxylic acids is 2. The van der Waals surface area contributed by atoms with Crippen molar-refractivity contribution in [1.29, 1.82) is 0 Å². The van der Waals surface area contributed by atoms with E-state index in [1.165, 1.54) is 6.20 Å². The summed E-state index contributed by atoms with van der Waals surface area (Å²) in [4.78, 5) is 41.0. The Kier molecular flexibility index (Phi) is 8.49. The maximum absolute atomic E-state index is 12.3. The van der Waals surface area contributed by atoms with Gasteiger partial charge >= 0.3 is 0 Å². The first-order chi connectivity index (χ1) is 13.9. The van der Waals surface area contributed by atoms with Gasteiger partial charge in [0.05, 0.1) is 18.3 Å². The summed E-state index contributed by atoms with van der Waals surface area (Å²) in [5.74, 6) is -0.752. The molecule has 11 heteroatoms. The maximum atomic E-state index is 12.3. The highest BCUT2D eigenvalue weighted by atomic mass is 32.1. The van der Waals surface area contributed by atoms with Crippen molar-refractivity contribution < 1.29 is 24.6 Å². The summed E-state index contributed by atoms with van der Waals surface area (Å²) in [6.07, 6.45) is 5.54. The van der Waals surface area contributed by atoms with Crippen molar-refractivity contribution in [1.82, 2.24) is 20.6 Å². The van der Waals surface area contributed by atoms with Gasteiger partial charge in [-0.05, 0) is 37.0 Å². The molecule has 10 nitrogen and oxygen atoms in total. The smallest absolute Gasteiger partial charge is 0.290 e. The Labute approximate surface area is 171 Å². The minimum Gasteiger partial charge on any atom is -0.483 e. The molecular weight excluding hydrogens is 398 g/mol. The molecule has 0 spiro atoms. The van der Waals surface area contributed by atoms with Gasteiger partial charge in [0.2, 0.25) is 5.91 Å². The van der Waals surface area contributed by atoms with Gasteiger partial charge in [0, 0.05) is 24.9 Å². The number of carbonyl (C=O) groups is 3. The van der Waals surface area contributed by atoms with E-state index in [2.05, 4.69) is 20.6 Å². The summed E-state index contributed by atoms with van der Waals surface area (Å²) in [6.45, 7) is 0.270. The number of anilines is 1. The molecule has 0 saturated heterocycles. The molecule has 29 heavy (non-hydrogen) atoms. The van der Waals surface area contributed by atoms with Crippen LogP contribution < -0.4 is 16.4 Å². The number of thiazole rings is 1. The molecule has 0 aromatic carbocycles. The third-order valence-corrected chi connectivity index (χ3v) is 5.25. The lowest BCUT2D eigenvalue weighted by molar-refractivity contribution is -0.125. The van der Waals surface area contributed by atoms with Crippen molar-refractivity contribution in [3.63, 3.8) is 0 Å². The van der Waals surface area contributed by atoms with Crippen LogP contribution in [0.4, 0.5) is 5.13 Å². The van der Waals surface area contributed by atoms with Crippen LogP contribution in [0.25, 0.3) is 0 Å². The van der Waals surface area contributed by atoms with E-state index in [0.29, 0.717) is 29.4 Å². The van der Waals surface area contributed by atoms with E-state index >= 15 is 0 Å². The Bertz CT molecular complexity index is 816. The lowest BCUT2D eigenvalue weighted by atomic mass is 10.1. The molecule has 1 aliphatic rings. The Morgan fingerprint density at radius 3 is 2.62 bits per heavy atom. The largest absolute Gasteiger partial charge is 0.483 e. The zero-order valence-electron chi connectivity index (χ0n) is 15.5. The number of pyridine rings is 1. The van der Waals surface area contributed by atoms with Crippen molar-refractivity contribution in [3.05, 3.63) is 41.2 Å². The number of aromatic nitrogens is 2. The first kappa shape index (κ1) is 22.2. The second kappa shape index (κ2) is 11.1. The minimum atomic E-state index is -0.750. The summed E-state index contributed by atoms with van der Waals surface area (Å²) in [6, 6.07) is 3.36. The van der Waals surface area contributed by atoms with Gasteiger partial charge in [-0.15, -0.1) is 0 Å². The SMILES string of the molecule is Nc1ncc(C(=O)N[C@H]2C[C@H](C(=O)NCCc3ccncc3)C[C@@H]2O)s1.O=CO. The van der Waals surface area contributed by atoms with E-state index < -0.39 is 12.1 Å². The number of nitrogen functional groups attached to an aromatic ring is 1. The van der Waals surface area contributed by atoms with E-state index in [4.69, 9.17) is 15.6 Å². The van der Waals surface area contributed by atoms with Crippen LogP contribution in [0.5, 0.6) is 0 Å². The summed E-state index contributed by atoms with van der Waals surface area (Å²) >= 11 is 1.09. The van der Waals surface area contributed by atoms with Gasteiger partial charge in [0.1, 0.15) is 4.88 Å². The van der Waals surface area contributed by atoms with Crippen LogP contribution in [0.3, 0.4) is 0 Å². The lowest BCUT2D eigenvalue weighted by Gasteiger charge is -2.15.